The van der Waals surface area contributed by atoms with Gasteiger partial charge in [0.05, 0.1) is 11.4 Å². The lowest BCUT2D eigenvalue weighted by Gasteiger charge is -2.09. The molecule has 0 saturated heterocycles. The normalized spacial score (nSPS) is 11.2. The van der Waals surface area contributed by atoms with Gasteiger partial charge < -0.3 is 10.4 Å². The summed E-state index contributed by atoms with van der Waals surface area (Å²) in [6.07, 6.45) is 1.22. The number of aromatic carboxylic acids is 1. The second kappa shape index (κ2) is 5.11. The molecule has 0 spiro atoms. The third-order valence-corrected chi connectivity index (χ3v) is 2.75. The Bertz CT molecular complexity index is 527. The Morgan fingerprint density at radius 3 is 2.76 bits per heavy atom. The molecule has 1 rings (SSSR count). The lowest BCUT2D eigenvalue weighted by Crippen LogP contribution is -2.23. The molecule has 0 radical (unpaired) electrons. The number of aromatic nitrogens is 1. The number of primary sulfonamides is 1. The van der Waals surface area contributed by atoms with Crippen molar-refractivity contribution >= 4 is 21.7 Å². The van der Waals surface area contributed by atoms with Crippen LogP contribution in [0.5, 0.6) is 0 Å². The number of aryl methyl sites for hydroxylation is 1. The van der Waals surface area contributed by atoms with Crippen LogP contribution in [0.4, 0.5) is 5.69 Å². The van der Waals surface area contributed by atoms with Gasteiger partial charge in [0.1, 0.15) is 5.56 Å². The second-order valence-corrected chi connectivity index (χ2v) is 5.20. The summed E-state index contributed by atoms with van der Waals surface area (Å²) in [5.74, 6) is -1.40. The molecule has 0 aliphatic rings. The molecule has 8 heteroatoms. The highest BCUT2D eigenvalue weighted by Crippen LogP contribution is 2.15. The third-order valence-electron chi connectivity index (χ3n) is 1.97. The van der Waals surface area contributed by atoms with E-state index in [-0.39, 0.29) is 17.9 Å². The summed E-state index contributed by atoms with van der Waals surface area (Å²) in [5, 5.41) is 16.4. The van der Waals surface area contributed by atoms with Crippen molar-refractivity contribution in [3.05, 3.63) is 23.5 Å². The predicted molar refractivity (Wildman–Crippen MR) is 62.4 cm³/mol. The molecule has 0 unspecified atom stereocenters. The van der Waals surface area contributed by atoms with Crippen molar-refractivity contribution in [3.8, 4) is 0 Å². The number of carboxylic acids is 1. The van der Waals surface area contributed by atoms with Crippen molar-refractivity contribution in [1.82, 2.24) is 4.98 Å². The molecule has 1 heterocycles. The minimum absolute atomic E-state index is 0.00924. The van der Waals surface area contributed by atoms with Gasteiger partial charge in [-0.2, -0.15) is 0 Å². The first-order chi connectivity index (χ1) is 7.79. The number of pyridine rings is 1. The highest BCUT2D eigenvalue weighted by atomic mass is 32.2. The zero-order valence-corrected chi connectivity index (χ0v) is 9.99. The number of carboxylic acid groups (broad SMARTS) is 1. The van der Waals surface area contributed by atoms with Gasteiger partial charge in [0.15, 0.2) is 0 Å². The third kappa shape index (κ3) is 4.37. The summed E-state index contributed by atoms with van der Waals surface area (Å²) in [5.41, 5.74) is 0.951. The minimum Gasteiger partial charge on any atom is -0.478 e. The fraction of sp³-hybridized carbons (Fsp3) is 0.333. The Morgan fingerprint density at radius 1 is 1.59 bits per heavy atom. The SMILES string of the molecule is Cc1cc(NCCS(N)(=O)=O)c(C(=O)O)cn1. The number of hydrogen-bond acceptors (Lipinski definition) is 5. The Labute approximate surface area is 98.7 Å². The molecule has 94 valence electrons. The van der Waals surface area contributed by atoms with Crippen molar-refractivity contribution in [3.63, 3.8) is 0 Å². The van der Waals surface area contributed by atoms with Gasteiger partial charge in [-0.1, -0.05) is 0 Å². The molecule has 0 amide bonds. The van der Waals surface area contributed by atoms with Gasteiger partial charge in [0, 0.05) is 18.4 Å². The average molecular weight is 259 g/mol. The number of carbonyl (C=O) groups is 1. The van der Waals surface area contributed by atoms with Crippen molar-refractivity contribution in [1.29, 1.82) is 0 Å². The first kappa shape index (κ1) is 13.4. The summed E-state index contributed by atoms with van der Waals surface area (Å²) in [7, 11) is -3.56. The molecule has 0 aromatic carbocycles. The highest BCUT2D eigenvalue weighted by Gasteiger charge is 2.11. The van der Waals surface area contributed by atoms with Gasteiger partial charge in [-0.25, -0.2) is 18.4 Å². The van der Waals surface area contributed by atoms with Crippen LogP contribution in [0.1, 0.15) is 16.1 Å². The van der Waals surface area contributed by atoms with Crippen LogP contribution < -0.4 is 10.5 Å². The quantitative estimate of drug-likeness (QED) is 0.672. The average Bonchev–Trinajstić information content (AvgIpc) is 2.15. The molecule has 0 saturated carbocycles. The van der Waals surface area contributed by atoms with Gasteiger partial charge in [0.25, 0.3) is 0 Å². The predicted octanol–water partition coefficient (Wildman–Crippen LogP) is -0.211. The molecule has 7 nitrogen and oxygen atoms in total. The number of hydrogen-bond donors (Lipinski definition) is 3. The van der Waals surface area contributed by atoms with Crippen molar-refractivity contribution in [2.45, 2.75) is 6.92 Å². The first-order valence-electron chi connectivity index (χ1n) is 4.74. The van der Waals surface area contributed by atoms with Gasteiger partial charge in [-0.3, -0.25) is 4.98 Å². The lowest BCUT2D eigenvalue weighted by molar-refractivity contribution is 0.0697. The molecule has 0 bridgehead atoms. The van der Waals surface area contributed by atoms with Gasteiger partial charge in [-0.15, -0.1) is 0 Å². The largest absolute Gasteiger partial charge is 0.478 e. The maximum atomic E-state index is 10.9. The van der Waals surface area contributed by atoms with E-state index in [4.69, 9.17) is 10.2 Å². The number of nitrogens with one attached hydrogen (secondary N) is 1. The fourth-order valence-electron chi connectivity index (χ4n) is 1.20. The molecule has 4 N–H and O–H groups in total. The van der Waals surface area contributed by atoms with E-state index in [2.05, 4.69) is 10.3 Å². The van der Waals surface area contributed by atoms with Crippen molar-refractivity contribution in [2.24, 2.45) is 5.14 Å². The Hall–Kier alpha value is -1.67. The molecular weight excluding hydrogens is 246 g/mol. The van der Waals surface area contributed by atoms with Crippen LogP contribution in [0.25, 0.3) is 0 Å². The van der Waals surface area contributed by atoms with Crippen LogP contribution in [0.2, 0.25) is 0 Å². The van der Waals surface area contributed by atoms with Crippen LogP contribution in [-0.4, -0.2) is 36.8 Å². The van der Waals surface area contributed by atoms with Crippen LogP contribution in [-0.2, 0) is 10.0 Å². The summed E-state index contributed by atoms with van der Waals surface area (Å²) >= 11 is 0. The number of nitrogens with zero attached hydrogens (tertiary/aromatic N) is 1. The lowest BCUT2D eigenvalue weighted by atomic mass is 10.2. The van der Waals surface area contributed by atoms with E-state index < -0.39 is 16.0 Å². The molecule has 0 aliphatic carbocycles. The maximum Gasteiger partial charge on any atom is 0.339 e. The zero-order chi connectivity index (χ0) is 13.1. The smallest absolute Gasteiger partial charge is 0.339 e. The molecular formula is C9H13N3O4S. The summed E-state index contributed by atoms with van der Waals surface area (Å²) < 4.78 is 21.4. The number of anilines is 1. The molecule has 1 aromatic heterocycles. The van der Waals surface area contributed by atoms with Crippen molar-refractivity contribution < 1.29 is 18.3 Å². The molecule has 1 aromatic rings. The number of sulfonamides is 1. The molecule has 17 heavy (non-hydrogen) atoms. The van der Waals surface area contributed by atoms with E-state index in [0.29, 0.717) is 11.4 Å². The zero-order valence-electron chi connectivity index (χ0n) is 9.17. The molecule has 0 aliphatic heterocycles. The van der Waals surface area contributed by atoms with Crippen LogP contribution in [0, 0.1) is 6.92 Å². The van der Waals surface area contributed by atoms with Gasteiger partial charge >= 0.3 is 5.97 Å². The topological polar surface area (TPSA) is 122 Å². The van der Waals surface area contributed by atoms with E-state index in [1.165, 1.54) is 12.3 Å². The van der Waals surface area contributed by atoms with Gasteiger partial charge in [-0.05, 0) is 13.0 Å². The Morgan fingerprint density at radius 2 is 2.24 bits per heavy atom. The van der Waals surface area contributed by atoms with E-state index >= 15 is 0 Å². The van der Waals surface area contributed by atoms with Crippen LogP contribution in [0.15, 0.2) is 12.3 Å². The van der Waals surface area contributed by atoms with Crippen LogP contribution in [0.3, 0.4) is 0 Å². The van der Waals surface area contributed by atoms with E-state index in [1.807, 2.05) is 0 Å². The summed E-state index contributed by atoms with van der Waals surface area (Å²) in [4.78, 5) is 14.7. The second-order valence-electron chi connectivity index (χ2n) is 3.47. The summed E-state index contributed by atoms with van der Waals surface area (Å²) in [6.45, 7) is 1.75. The summed E-state index contributed by atoms with van der Waals surface area (Å²) in [6, 6.07) is 1.53. The van der Waals surface area contributed by atoms with Crippen molar-refractivity contribution in [2.75, 3.05) is 17.6 Å². The monoisotopic (exact) mass is 259 g/mol. The minimum atomic E-state index is -3.56. The standard InChI is InChI=1S/C9H13N3O4S/c1-6-4-8(7(5-12-6)9(13)14)11-2-3-17(10,15)16/h4-5H,2-3H2,1H3,(H,11,12)(H,13,14)(H2,10,15,16). The first-order valence-corrected chi connectivity index (χ1v) is 6.45. The Balaban J connectivity index is 2.82. The number of nitrogens with two attached hydrogens (primary N) is 1. The van der Waals surface area contributed by atoms with E-state index in [1.54, 1.807) is 6.92 Å². The van der Waals surface area contributed by atoms with Gasteiger partial charge in [0.2, 0.25) is 10.0 Å². The van der Waals surface area contributed by atoms with E-state index in [9.17, 15) is 13.2 Å². The Kier molecular flexibility index (Phi) is 4.02. The molecule has 0 atom stereocenters. The van der Waals surface area contributed by atoms with Crippen LogP contribution >= 0.6 is 0 Å². The maximum absolute atomic E-state index is 10.9. The number of rotatable bonds is 5. The highest BCUT2D eigenvalue weighted by molar-refractivity contribution is 7.89. The van der Waals surface area contributed by atoms with E-state index in [0.717, 1.165) is 0 Å². The fourth-order valence-corrected chi connectivity index (χ4v) is 1.59. The molecule has 0 fully saturated rings.